The van der Waals surface area contributed by atoms with E-state index >= 15 is 0 Å². The molecule has 0 aliphatic heterocycles. The Bertz CT molecular complexity index is 397. The van der Waals surface area contributed by atoms with E-state index in [1.165, 1.54) is 6.39 Å². The molecule has 2 aromatic rings. The molecule has 0 aliphatic carbocycles. The van der Waals surface area contributed by atoms with E-state index in [9.17, 15) is 0 Å². The molecule has 15 heavy (non-hydrogen) atoms. The van der Waals surface area contributed by atoms with Crippen LogP contribution in [0.3, 0.4) is 0 Å². The largest absolute Gasteiger partial charge is 0.497 e. The Hall–Kier alpha value is -2.04. The van der Waals surface area contributed by atoms with E-state index in [0.29, 0.717) is 5.89 Å². The van der Waals surface area contributed by atoms with E-state index in [2.05, 4.69) is 10.2 Å². The molecule has 78 valence electrons. The summed E-state index contributed by atoms with van der Waals surface area (Å²) < 4.78 is 15.3. The highest BCUT2D eigenvalue weighted by Crippen LogP contribution is 2.17. The Labute approximate surface area is 86.6 Å². The van der Waals surface area contributed by atoms with Crippen molar-refractivity contribution in [1.82, 2.24) is 10.2 Å². The number of rotatable bonds is 4. The SMILES string of the molecule is COc1ccc(OCc2nnco2)cc1. The van der Waals surface area contributed by atoms with E-state index in [0.717, 1.165) is 11.5 Å². The van der Waals surface area contributed by atoms with Gasteiger partial charge in [0.15, 0.2) is 6.61 Å². The number of aromatic nitrogens is 2. The topological polar surface area (TPSA) is 57.4 Å². The molecule has 0 saturated heterocycles. The van der Waals surface area contributed by atoms with Crippen LogP contribution in [0, 0.1) is 0 Å². The molecule has 5 heteroatoms. The van der Waals surface area contributed by atoms with Crippen LogP contribution in [-0.4, -0.2) is 17.3 Å². The summed E-state index contributed by atoms with van der Waals surface area (Å²) >= 11 is 0. The molecule has 1 aromatic heterocycles. The zero-order valence-electron chi connectivity index (χ0n) is 8.21. The number of hydrogen-bond donors (Lipinski definition) is 0. The highest BCUT2D eigenvalue weighted by Gasteiger charge is 2.00. The monoisotopic (exact) mass is 206 g/mol. The molecule has 2 rings (SSSR count). The molecule has 0 unspecified atom stereocenters. The molecular formula is C10H10N2O3. The smallest absolute Gasteiger partial charge is 0.253 e. The van der Waals surface area contributed by atoms with Crippen molar-refractivity contribution in [2.45, 2.75) is 6.61 Å². The van der Waals surface area contributed by atoms with Crippen molar-refractivity contribution in [3.8, 4) is 11.5 Å². The molecule has 0 saturated carbocycles. The van der Waals surface area contributed by atoms with Crippen LogP contribution in [0.1, 0.15) is 5.89 Å². The third kappa shape index (κ3) is 2.46. The van der Waals surface area contributed by atoms with Gasteiger partial charge in [-0.15, -0.1) is 10.2 Å². The fourth-order valence-electron chi connectivity index (χ4n) is 1.08. The van der Waals surface area contributed by atoms with Gasteiger partial charge in [-0.3, -0.25) is 0 Å². The van der Waals surface area contributed by atoms with Gasteiger partial charge in [-0.25, -0.2) is 0 Å². The fourth-order valence-corrected chi connectivity index (χ4v) is 1.08. The molecule has 5 nitrogen and oxygen atoms in total. The molecule has 0 aliphatic rings. The van der Waals surface area contributed by atoms with Crippen LogP contribution in [0.4, 0.5) is 0 Å². The number of benzene rings is 1. The maximum absolute atomic E-state index is 5.40. The van der Waals surface area contributed by atoms with Gasteiger partial charge in [0, 0.05) is 0 Å². The Morgan fingerprint density at radius 1 is 1.20 bits per heavy atom. The van der Waals surface area contributed by atoms with E-state index < -0.39 is 0 Å². The van der Waals surface area contributed by atoms with Crippen molar-refractivity contribution < 1.29 is 13.9 Å². The summed E-state index contributed by atoms with van der Waals surface area (Å²) in [4.78, 5) is 0. The minimum Gasteiger partial charge on any atom is -0.497 e. The number of ether oxygens (including phenoxy) is 2. The van der Waals surface area contributed by atoms with Gasteiger partial charge in [0.1, 0.15) is 11.5 Å². The Morgan fingerprint density at radius 3 is 2.53 bits per heavy atom. The maximum atomic E-state index is 5.40. The molecule has 0 atom stereocenters. The van der Waals surface area contributed by atoms with E-state index in [1.54, 1.807) is 7.11 Å². The molecule has 1 heterocycles. The van der Waals surface area contributed by atoms with Gasteiger partial charge >= 0.3 is 0 Å². The normalized spacial score (nSPS) is 9.93. The molecule has 0 bridgehead atoms. The third-order valence-electron chi connectivity index (χ3n) is 1.83. The Balaban J connectivity index is 1.93. The van der Waals surface area contributed by atoms with Gasteiger partial charge in [0.05, 0.1) is 7.11 Å². The second kappa shape index (κ2) is 4.45. The standard InChI is InChI=1S/C10H10N2O3/c1-13-8-2-4-9(5-3-8)14-6-10-12-11-7-15-10/h2-5,7H,6H2,1H3. The molecule has 0 amide bonds. The first-order chi connectivity index (χ1) is 7.38. The summed E-state index contributed by atoms with van der Waals surface area (Å²) in [6, 6.07) is 7.27. The van der Waals surface area contributed by atoms with Crippen LogP contribution in [0.25, 0.3) is 0 Å². The first-order valence-electron chi connectivity index (χ1n) is 4.40. The summed E-state index contributed by atoms with van der Waals surface area (Å²) in [5, 5.41) is 7.24. The summed E-state index contributed by atoms with van der Waals surface area (Å²) in [5.74, 6) is 1.97. The van der Waals surface area contributed by atoms with Gasteiger partial charge in [-0.2, -0.15) is 0 Å². The van der Waals surface area contributed by atoms with Crippen LogP contribution in [-0.2, 0) is 6.61 Å². The first kappa shape index (κ1) is 9.51. The van der Waals surface area contributed by atoms with Gasteiger partial charge in [0.25, 0.3) is 5.89 Å². The van der Waals surface area contributed by atoms with Crippen molar-refractivity contribution >= 4 is 0 Å². The van der Waals surface area contributed by atoms with E-state index in [1.807, 2.05) is 24.3 Å². The maximum Gasteiger partial charge on any atom is 0.253 e. The zero-order valence-corrected chi connectivity index (χ0v) is 8.21. The zero-order chi connectivity index (χ0) is 10.5. The predicted molar refractivity (Wildman–Crippen MR) is 51.6 cm³/mol. The highest BCUT2D eigenvalue weighted by molar-refractivity contribution is 5.31. The van der Waals surface area contributed by atoms with Crippen LogP contribution in [0.5, 0.6) is 11.5 Å². The highest BCUT2D eigenvalue weighted by atomic mass is 16.5. The van der Waals surface area contributed by atoms with Gasteiger partial charge in [-0.1, -0.05) is 0 Å². The average molecular weight is 206 g/mol. The second-order valence-electron chi connectivity index (χ2n) is 2.80. The van der Waals surface area contributed by atoms with Crippen LogP contribution >= 0.6 is 0 Å². The molecule has 1 aromatic carbocycles. The number of methoxy groups -OCH3 is 1. The number of hydrogen-bond acceptors (Lipinski definition) is 5. The average Bonchev–Trinajstić information content (AvgIpc) is 2.80. The van der Waals surface area contributed by atoms with Crippen molar-refractivity contribution in [2.24, 2.45) is 0 Å². The van der Waals surface area contributed by atoms with Crippen molar-refractivity contribution in [3.63, 3.8) is 0 Å². The number of nitrogens with zero attached hydrogens (tertiary/aromatic N) is 2. The van der Waals surface area contributed by atoms with Crippen LogP contribution < -0.4 is 9.47 Å². The van der Waals surface area contributed by atoms with Gasteiger partial charge < -0.3 is 13.9 Å². The fraction of sp³-hybridized carbons (Fsp3) is 0.200. The Morgan fingerprint density at radius 2 is 1.93 bits per heavy atom. The lowest BCUT2D eigenvalue weighted by Gasteiger charge is -2.04. The summed E-state index contributed by atoms with van der Waals surface area (Å²) in [5.41, 5.74) is 0. The minimum atomic E-state index is 0.270. The molecule has 0 N–H and O–H groups in total. The molecule has 0 fully saturated rings. The van der Waals surface area contributed by atoms with Crippen molar-refractivity contribution in [3.05, 3.63) is 36.5 Å². The lowest BCUT2D eigenvalue weighted by atomic mass is 10.3. The summed E-state index contributed by atoms with van der Waals surface area (Å²) in [7, 11) is 1.62. The summed E-state index contributed by atoms with van der Waals surface area (Å²) in [6.07, 6.45) is 1.27. The second-order valence-corrected chi connectivity index (χ2v) is 2.80. The van der Waals surface area contributed by atoms with Crippen LogP contribution in [0.2, 0.25) is 0 Å². The molecular weight excluding hydrogens is 196 g/mol. The molecule has 0 radical (unpaired) electrons. The predicted octanol–water partition coefficient (Wildman–Crippen LogP) is 1.66. The van der Waals surface area contributed by atoms with Crippen molar-refractivity contribution in [2.75, 3.05) is 7.11 Å². The van der Waals surface area contributed by atoms with E-state index in [4.69, 9.17) is 13.9 Å². The third-order valence-corrected chi connectivity index (χ3v) is 1.83. The summed E-state index contributed by atoms with van der Waals surface area (Å²) in [6.45, 7) is 0.270. The van der Waals surface area contributed by atoms with Gasteiger partial charge in [0.2, 0.25) is 6.39 Å². The lowest BCUT2D eigenvalue weighted by molar-refractivity contribution is 0.262. The Kier molecular flexibility index (Phi) is 2.82. The quantitative estimate of drug-likeness (QED) is 0.761. The minimum absolute atomic E-state index is 0.270. The van der Waals surface area contributed by atoms with Gasteiger partial charge in [-0.05, 0) is 24.3 Å². The first-order valence-corrected chi connectivity index (χ1v) is 4.40. The van der Waals surface area contributed by atoms with Crippen molar-refractivity contribution in [1.29, 1.82) is 0 Å². The lowest BCUT2D eigenvalue weighted by Crippen LogP contribution is -1.95. The molecule has 0 spiro atoms. The van der Waals surface area contributed by atoms with E-state index in [-0.39, 0.29) is 6.61 Å². The van der Waals surface area contributed by atoms with Crippen LogP contribution in [0.15, 0.2) is 35.1 Å².